The van der Waals surface area contributed by atoms with Gasteiger partial charge in [0.2, 0.25) is 5.91 Å². The molecule has 0 atom stereocenters. The number of amides is 2. The molecule has 1 aromatic heterocycles. The highest BCUT2D eigenvalue weighted by Crippen LogP contribution is 2.39. The molecule has 8 nitrogen and oxygen atoms in total. The number of aromatic nitrogens is 2. The monoisotopic (exact) mass is 514 g/mol. The van der Waals surface area contributed by atoms with E-state index in [9.17, 15) is 18.8 Å². The molecule has 0 fully saturated rings. The molecule has 0 aliphatic heterocycles. The molecule has 38 heavy (non-hydrogen) atoms. The highest BCUT2D eigenvalue weighted by Gasteiger charge is 2.19. The molecule has 194 valence electrons. The third-order valence-electron chi connectivity index (χ3n) is 5.97. The fourth-order valence-corrected chi connectivity index (χ4v) is 4.20. The van der Waals surface area contributed by atoms with Crippen molar-refractivity contribution >= 4 is 28.3 Å². The van der Waals surface area contributed by atoms with Gasteiger partial charge in [-0.25, -0.2) is 9.07 Å². The van der Waals surface area contributed by atoms with Crippen molar-refractivity contribution in [2.75, 3.05) is 11.9 Å². The Labute approximate surface area is 218 Å². The lowest BCUT2D eigenvalue weighted by molar-refractivity contribution is -0.111. The molecular formula is C29H27FN4O4. The van der Waals surface area contributed by atoms with Crippen LogP contribution in [0.25, 0.3) is 22.0 Å². The quantitative estimate of drug-likeness (QED) is 0.337. The fourth-order valence-electron chi connectivity index (χ4n) is 4.20. The van der Waals surface area contributed by atoms with E-state index in [1.807, 2.05) is 6.92 Å². The highest BCUT2D eigenvalue weighted by atomic mass is 19.1. The van der Waals surface area contributed by atoms with Crippen molar-refractivity contribution in [3.63, 3.8) is 0 Å². The molecule has 9 heteroatoms. The summed E-state index contributed by atoms with van der Waals surface area (Å²) in [6.45, 7) is 9.23. The first-order valence-corrected chi connectivity index (χ1v) is 11.9. The summed E-state index contributed by atoms with van der Waals surface area (Å²) < 4.78 is 21.4. The summed E-state index contributed by atoms with van der Waals surface area (Å²) in [6, 6.07) is 12.6. The van der Waals surface area contributed by atoms with Gasteiger partial charge >= 0.3 is 0 Å². The molecule has 0 spiro atoms. The minimum Gasteiger partial charge on any atom is -0.456 e. The number of benzene rings is 3. The molecule has 4 rings (SSSR count). The van der Waals surface area contributed by atoms with Crippen molar-refractivity contribution in [3.8, 4) is 22.8 Å². The second kappa shape index (κ2) is 10.7. The summed E-state index contributed by atoms with van der Waals surface area (Å²) in [4.78, 5) is 37.5. The molecule has 0 bridgehead atoms. The van der Waals surface area contributed by atoms with Crippen LogP contribution in [0, 0.1) is 19.7 Å². The van der Waals surface area contributed by atoms with E-state index in [-0.39, 0.29) is 17.3 Å². The molecule has 0 aliphatic carbocycles. The zero-order valence-electron chi connectivity index (χ0n) is 21.5. The summed E-state index contributed by atoms with van der Waals surface area (Å²) in [7, 11) is 1.52. The Kier molecular flexibility index (Phi) is 7.38. The third-order valence-corrected chi connectivity index (χ3v) is 5.97. The molecule has 2 amide bonds. The van der Waals surface area contributed by atoms with Crippen molar-refractivity contribution in [2.24, 2.45) is 7.05 Å². The number of carbonyl (C=O) groups excluding carboxylic acids is 2. The number of halogens is 1. The van der Waals surface area contributed by atoms with E-state index in [0.29, 0.717) is 62.5 Å². The first-order chi connectivity index (χ1) is 18.1. The lowest BCUT2D eigenvalue weighted by Crippen LogP contribution is -2.24. The zero-order chi connectivity index (χ0) is 27.6. The number of hydrogen-bond acceptors (Lipinski definition) is 5. The van der Waals surface area contributed by atoms with Crippen molar-refractivity contribution in [1.82, 2.24) is 15.1 Å². The molecule has 4 aromatic rings. The van der Waals surface area contributed by atoms with Gasteiger partial charge in [-0.05, 0) is 80.4 Å². The highest BCUT2D eigenvalue weighted by molar-refractivity contribution is 6.03. The Morgan fingerprint density at radius 3 is 2.45 bits per heavy atom. The van der Waals surface area contributed by atoms with E-state index in [4.69, 9.17) is 4.74 Å². The number of ether oxygens (including phenoxy) is 1. The van der Waals surface area contributed by atoms with Gasteiger partial charge in [0, 0.05) is 35.8 Å². The number of hydrogen-bond donors (Lipinski definition) is 2. The maximum absolute atomic E-state index is 13.9. The van der Waals surface area contributed by atoms with E-state index in [1.54, 1.807) is 44.2 Å². The van der Waals surface area contributed by atoms with E-state index < -0.39 is 5.91 Å². The van der Waals surface area contributed by atoms with Crippen LogP contribution in [-0.2, 0) is 11.8 Å². The standard InChI is InChI=1S/C29H27FN4O4/c1-6-25(35)32-20-9-11-24(38-27-16(3)12-19(30)13-17(27)4)23(15-20)26-21-10-8-18(28(36)31-7-2)14-22(21)29(37)34(5)33-26/h6,8-15H,1,7H2,2-5H3,(H,31,36)(H,32,35). The van der Waals surface area contributed by atoms with Crippen molar-refractivity contribution < 1.29 is 18.7 Å². The van der Waals surface area contributed by atoms with Gasteiger partial charge in [-0.1, -0.05) is 12.6 Å². The molecule has 0 radical (unpaired) electrons. The lowest BCUT2D eigenvalue weighted by Gasteiger charge is -2.17. The van der Waals surface area contributed by atoms with Crippen LogP contribution < -0.4 is 20.9 Å². The molecule has 0 saturated carbocycles. The normalized spacial score (nSPS) is 10.8. The predicted molar refractivity (Wildman–Crippen MR) is 145 cm³/mol. The Hall–Kier alpha value is -4.79. The Bertz CT molecular complexity index is 1640. The smallest absolute Gasteiger partial charge is 0.274 e. The number of nitrogens with zero attached hydrogens (tertiary/aromatic N) is 2. The Morgan fingerprint density at radius 2 is 1.79 bits per heavy atom. The first-order valence-electron chi connectivity index (χ1n) is 11.9. The lowest BCUT2D eigenvalue weighted by atomic mass is 10.0. The van der Waals surface area contributed by atoms with E-state index in [0.717, 1.165) is 6.08 Å². The van der Waals surface area contributed by atoms with Gasteiger partial charge < -0.3 is 15.4 Å². The summed E-state index contributed by atoms with van der Waals surface area (Å²) in [5, 5.41) is 10.8. The fraction of sp³-hybridized carbons (Fsp3) is 0.172. The van der Waals surface area contributed by atoms with Crippen LogP contribution in [0.3, 0.4) is 0 Å². The zero-order valence-corrected chi connectivity index (χ0v) is 21.5. The number of nitrogens with one attached hydrogen (secondary N) is 2. The van der Waals surface area contributed by atoms with Crippen LogP contribution in [-0.4, -0.2) is 28.1 Å². The minimum atomic E-state index is -0.403. The van der Waals surface area contributed by atoms with E-state index in [2.05, 4.69) is 22.3 Å². The largest absolute Gasteiger partial charge is 0.456 e. The maximum atomic E-state index is 13.9. The molecule has 0 aliphatic rings. The summed E-state index contributed by atoms with van der Waals surface area (Å²) in [6.07, 6.45) is 1.15. The summed E-state index contributed by atoms with van der Waals surface area (Å²) in [5.74, 6) is -0.221. The van der Waals surface area contributed by atoms with Gasteiger partial charge in [0.25, 0.3) is 11.5 Å². The van der Waals surface area contributed by atoms with Crippen molar-refractivity contribution in [3.05, 3.63) is 94.0 Å². The minimum absolute atomic E-state index is 0.293. The third kappa shape index (κ3) is 5.17. The first kappa shape index (κ1) is 26.3. The predicted octanol–water partition coefficient (Wildman–Crippen LogP) is 5.02. The average Bonchev–Trinajstić information content (AvgIpc) is 2.88. The molecule has 0 saturated heterocycles. The van der Waals surface area contributed by atoms with Gasteiger partial charge in [0.15, 0.2) is 0 Å². The van der Waals surface area contributed by atoms with Crippen LogP contribution in [0.4, 0.5) is 10.1 Å². The second-order valence-corrected chi connectivity index (χ2v) is 8.77. The van der Waals surface area contributed by atoms with Crippen LogP contribution in [0.5, 0.6) is 11.5 Å². The number of anilines is 1. The van der Waals surface area contributed by atoms with Gasteiger partial charge in [-0.15, -0.1) is 0 Å². The van der Waals surface area contributed by atoms with Gasteiger partial charge in [-0.3, -0.25) is 14.4 Å². The van der Waals surface area contributed by atoms with Crippen LogP contribution in [0.15, 0.2) is 66.0 Å². The number of carbonyl (C=O) groups is 2. The second-order valence-electron chi connectivity index (χ2n) is 8.77. The summed E-state index contributed by atoms with van der Waals surface area (Å²) in [5.41, 5.74) is 2.48. The molecule has 0 unspecified atom stereocenters. The SMILES string of the molecule is C=CC(=O)Nc1ccc(Oc2c(C)cc(F)cc2C)c(-c2nn(C)c(=O)c3cc(C(=O)NCC)ccc23)c1. The topological polar surface area (TPSA) is 102 Å². The van der Waals surface area contributed by atoms with Crippen LogP contribution in [0.1, 0.15) is 28.4 Å². The van der Waals surface area contributed by atoms with Crippen molar-refractivity contribution in [2.45, 2.75) is 20.8 Å². The summed E-state index contributed by atoms with van der Waals surface area (Å²) >= 11 is 0. The maximum Gasteiger partial charge on any atom is 0.274 e. The van der Waals surface area contributed by atoms with Gasteiger partial charge in [0.05, 0.1) is 5.39 Å². The molecule has 2 N–H and O–H groups in total. The van der Waals surface area contributed by atoms with E-state index in [1.165, 1.54) is 29.9 Å². The molecule has 3 aromatic carbocycles. The molecular weight excluding hydrogens is 487 g/mol. The van der Waals surface area contributed by atoms with Gasteiger partial charge in [-0.2, -0.15) is 5.10 Å². The number of rotatable bonds is 7. The number of aryl methyl sites for hydroxylation is 3. The Morgan fingerprint density at radius 1 is 1.08 bits per heavy atom. The van der Waals surface area contributed by atoms with Gasteiger partial charge in [0.1, 0.15) is 23.0 Å². The average molecular weight is 515 g/mol. The van der Waals surface area contributed by atoms with Crippen molar-refractivity contribution in [1.29, 1.82) is 0 Å². The van der Waals surface area contributed by atoms with Crippen LogP contribution >= 0.6 is 0 Å². The van der Waals surface area contributed by atoms with Crippen LogP contribution in [0.2, 0.25) is 0 Å². The molecule has 1 heterocycles. The van der Waals surface area contributed by atoms with E-state index >= 15 is 0 Å². The number of fused-ring (bicyclic) bond motifs is 1. The Balaban J connectivity index is 1.96.